The normalized spacial score (nSPS) is 22.0. The number of nitrogens with one attached hydrogen (secondary N) is 2. The van der Waals surface area contributed by atoms with Crippen molar-refractivity contribution in [2.45, 2.75) is 91.2 Å². The van der Waals surface area contributed by atoms with Crippen LogP contribution >= 0.6 is 0 Å². The van der Waals surface area contributed by atoms with Gasteiger partial charge in [-0.25, -0.2) is 4.68 Å². The average Bonchev–Trinajstić information content (AvgIpc) is 3.09. The molecule has 5 rings (SSSR count). The van der Waals surface area contributed by atoms with Crippen molar-refractivity contribution in [2.24, 2.45) is 5.41 Å². The Bertz CT molecular complexity index is 1360. The van der Waals surface area contributed by atoms with Crippen molar-refractivity contribution in [3.8, 4) is 5.69 Å². The minimum atomic E-state index is -0.243. The molecule has 0 amide bonds. The minimum Gasteiger partial charge on any atom is -0.393 e. The monoisotopic (exact) mass is 476 g/mol. The van der Waals surface area contributed by atoms with Crippen LogP contribution < -0.4 is 10.9 Å². The van der Waals surface area contributed by atoms with Gasteiger partial charge in [0.1, 0.15) is 0 Å². The van der Waals surface area contributed by atoms with Gasteiger partial charge in [0.15, 0.2) is 5.78 Å². The molecular weight excluding hydrogens is 440 g/mol. The van der Waals surface area contributed by atoms with Crippen LogP contribution in [-0.4, -0.2) is 37.8 Å². The van der Waals surface area contributed by atoms with Gasteiger partial charge in [0.05, 0.1) is 34.1 Å². The number of nitrogens with zero attached hydrogens (tertiary/aromatic N) is 2. The van der Waals surface area contributed by atoms with Crippen LogP contribution in [0.4, 0.5) is 5.69 Å². The number of rotatable bonds is 4. The van der Waals surface area contributed by atoms with E-state index in [2.05, 4.69) is 44.1 Å². The molecule has 0 bridgehead atoms. The molecule has 1 fully saturated rings. The van der Waals surface area contributed by atoms with Crippen molar-refractivity contribution < 1.29 is 9.90 Å². The van der Waals surface area contributed by atoms with E-state index in [-0.39, 0.29) is 34.8 Å². The summed E-state index contributed by atoms with van der Waals surface area (Å²) >= 11 is 0. The third kappa shape index (κ3) is 4.42. The number of aryl methyl sites for hydroxylation is 1. The Hall–Kier alpha value is -2.93. The highest BCUT2D eigenvalue weighted by atomic mass is 16.3. The van der Waals surface area contributed by atoms with E-state index in [4.69, 9.17) is 5.10 Å². The van der Waals surface area contributed by atoms with Crippen LogP contribution in [0.5, 0.6) is 0 Å². The Balaban J connectivity index is 1.69. The van der Waals surface area contributed by atoms with Gasteiger partial charge < -0.3 is 15.4 Å². The van der Waals surface area contributed by atoms with Crippen LogP contribution in [0.25, 0.3) is 16.5 Å². The van der Waals surface area contributed by atoms with E-state index in [1.165, 1.54) is 0 Å². The summed E-state index contributed by atoms with van der Waals surface area (Å²) in [5.74, 6) is 0.337. The largest absolute Gasteiger partial charge is 0.393 e. The maximum Gasteiger partial charge on any atom is 0.258 e. The molecule has 7 heteroatoms. The number of aromatic nitrogens is 3. The van der Waals surface area contributed by atoms with E-state index >= 15 is 0 Å². The number of Topliss-reactive ketones (excluding diaryl/α,β-unsaturated/α-hetero) is 1. The van der Waals surface area contributed by atoms with Crippen LogP contribution in [0, 0.1) is 12.3 Å². The molecule has 2 aliphatic carbocycles. The zero-order valence-corrected chi connectivity index (χ0v) is 21.4. The van der Waals surface area contributed by atoms with Crippen molar-refractivity contribution in [3.05, 3.63) is 51.2 Å². The second-order valence-corrected chi connectivity index (χ2v) is 11.6. The van der Waals surface area contributed by atoms with Gasteiger partial charge in [-0.05, 0) is 73.9 Å². The zero-order valence-electron chi connectivity index (χ0n) is 21.4. The first-order chi connectivity index (χ1) is 16.5. The Labute approximate surface area is 205 Å². The Morgan fingerprint density at radius 1 is 1.11 bits per heavy atom. The summed E-state index contributed by atoms with van der Waals surface area (Å²) in [6, 6.07) is 6.26. The maximum atomic E-state index is 13.2. The molecule has 186 valence electrons. The number of ketones is 1. The number of aliphatic hydroxyl groups is 1. The lowest BCUT2D eigenvalue weighted by atomic mass is 9.75. The smallest absolute Gasteiger partial charge is 0.258 e. The highest BCUT2D eigenvalue weighted by molar-refractivity contribution is 6.00. The van der Waals surface area contributed by atoms with Gasteiger partial charge in [0.2, 0.25) is 0 Å². The van der Waals surface area contributed by atoms with Crippen molar-refractivity contribution in [1.29, 1.82) is 0 Å². The van der Waals surface area contributed by atoms with E-state index in [1.54, 1.807) is 0 Å². The molecule has 0 spiro atoms. The van der Waals surface area contributed by atoms with E-state index in [0.29, 0.717) is 11.8 Å². The molecule has 0 unspecified atom stereocenters. The van der Waals surface area contributed by atoms with Gasteiger partial charge in [-0.2, -0.15) is 5.10 Å². The highest BCUT2D eigenvalue weighted by Crippen LogP contribution is 2.38. The summed E-state index contributed by atoms with van der Waals surface area (Å²) in [5.41, 5.74) is 4.73. The fourth-order valence-corrected chi connectivity index (χ4v) is 5.75. The lowest BCUT2D eigenvalue weighted by Crippen LogP contribution is -2.29. The number of anilines is 1. The van der Waals surface area contributed by atoms with Crippen LogP contribution in [0.3, 0.4) is 0 Å². The van der Waals surface area contributed by atoms with Gasteiger partial charge in [-0.15, -0.1) is 0 Å². The molecule has 2 heterocycles. The first-order valence-electron chi connectivity index (χ1n) is 12.8. The number of aromatic amines is 1. The van der Waals surface area contributed by atoms with E-state index in [0.717, 1.165) is 71.5 Å². The summed E-state index contributed by atoms with van der Waals surface area (Å²) < 4.78 is 1.91. The molecule has 0 saturated heterocycles. The van der Waals surface area contributed by atoms with Gasteiger partial charge in [-0.3, -0.25) is 9.59 Å². The maximum absolute atomic E-state index is 13.2. The first kappa shape index (κ1) is 23.8. The van der Waals surface area contributed by atoms with E-state index in [1.807, 2.05) is 23.7 Å². The van der Waals surface area contributed by atoms with Crippen LogP contribution in [0.1, 0.15) is 93.2 Å². The molecule has 7 nitrogen and oxygen atoms in total. The molecule has 0 atom stereocenters. The predicted octanol–water partition coefficient (Wildman–Crippen LogP) is 5.02. The molecule has 2 aromatic heterocycles. The van der Waals surface area contributed by atoms with E-state index < -0.39 is 0 Å². The molecule has 1 saturated carbocycles. The minimum absolute atomic E-state index is 0.105. The highest BCUT2D eigenvalue weighted by Gasteiger charge is 2.36. The molecule has 3 aromatic rings. The lowest BCUT2D eigenvalue weighted by Gasteiger charge is -2.29. The summed E-state index contributed by atoms with van der Waals surface area (Å²) in [4.78, 5) is 29.3. The number of pyridine rings is 1. The van der Waals surface area contributed by atoms with Gasteiger partial charge >= 0.3 is 0 Å². The summed E-state index contributed by atoms with van der Waals surface area (Å²) in [7, 11) is 0. The third-order valence-corrected chi connectivity index (χ3v) is 7.59. The third-order valence-electron chi connectivity index (χ3n) is 7.59. The molecule has 2 aliphatic rings. The first-order valence-corrected chi connectivity index (χ1v) is 12.8. The number of benzene rings is 1. The number of H-pyrrole nitrogens is 1. The molecule has 0 radical (unpaired) electrons. The van der Waals surface area contributed by atoms with Gasteiger partial charge in [0, 0.05) is 23.8 Å². The number of carbonyl (C=O) groups is 1. The summed E-state index contributed by atoms with van der Waals surface area (Å²) in [5, 5.41) is 19.9. The second kappa shape index (κ2) is 8.63. The lowest BCUT2D eigenvalue weighted by molar-refractivity contribution is 0.0910. The molecule has 3 N–H and O–H groups in total. The zero-order chi connectivity index (χ0) is 25.1. The SMILES string of the molecule is Cc1nn(-c2cc(N[C@H]3CC[C@H](O)CC3)c3c(=O)[nH]c(C(C)C)cc3c2)c2c1C(=O)CC(C)(C)C2. The fourth-order valence-electron chi connectivity index (χ4n) is 5.75. The Kier molecular flexibility index (Phi) is 5.86. The molecule has 0 aliphatic heterocycles. The van der Waals surface area contributed by atoms with Crippen LogP contribution in [-0.2, 0) is 6.42 Å². The van der Waals surface area contributed by atoms with E-state index in [9.17, 15) is 14.7 Å². The Morgan fingerprint density at radius 2 is 1.83 bits per heavy atom. The number of hydrogen-bond acceptors (Lipinski definition) is 5. The van der Waals surface area contributed by atoms with Crippen molar-refractivity contribution >= 4 is 22.2 Å². The van der Waals surface area contributed by atoms with Crippen molar-refractivity contribution in [1.82, 2.24) is 14.8 Å². The predicted molar refractivity (Wildman–Crippen MR) is 139 cm³/mol. The topological polar surface area (TPSA) is 100 Å². The average molecular weight is 477 g/mol. The second-order valence-electron chi connectivity index (χ2n) is 11.6. The summed E-state index contributed by atoms with van der Waals surface area (Å²) in [6.45, 7) is 10.3. The standard InChI is InChI=1S/C28H36N4O3/c1-15(2)21-11-17-10-19(32-23-13-28(4,5)14-24(34)25(23)16(3)31-32)12-22(26(17)27(35)30-21)29-18-6-8-20(33)9-7-18/h10-12,15,18,20,29,33H,6-9,13-14H2,1-5H3,(H,30,35)/t18-,20-. The Morgan fingerprint density at radius 3 is 2.51 bits per heavy atom. The molecule has 1 aromatic carbocycles. The molecule has 35 heavy (non-hydrogen) atoms. The van der Waals surface area contributed by atoms with Crippen LogP contribution in [0.2, 0.25) is 0 Å². The molecular formula is C28H36N4O3. The fraction of sp³-hybridized carbons (Fsp3) is 0.536. The van der Waals surface area contributed by atoms with Crippen LogP contribution in [0.15, 0.2) is 23.0 Å². The number of hydrogen-bond donors (Lipinski definition) is 3. The van der Waals surface area contributed by atoms with Crippen molar-refractivity contribution in [3.63, 3.8) is 0 Å². The van der Waals surface area contributed by atoms with Gasteiger partial charge in [-0.1, -0.05) is 27.7 Å². The number of fused-ring (bicyclic) bond motifs is 2. The quantitative estimate of drug-likeness (QED) is 0.491. The van der Waals surface area contributed by atoms with Crippen molar-refractivity contribution in [2.75, 3.05) is 5.32 Å². The number of aliphatic hydroxyl groups excluding tert-OH is 1. The number of carbonyl (C=O) groups excluding carboxylic acids is 1. The summed E-state index contributed by atoms with van der Waals surface area (Å²) in [6.07, 6.45) is 4.27. The van der Waals surface area contributed by atoms with Gasteiger partial charge in [0.25, 0.3) is 5.56 Å².